The maximum atomic E-state index is 12.9. The van der Waals surface area contributed by atoms with Crippen LogP contribution in [0.3, 0.4) is 0 Å². The Morgan fingerprint density at radius 2 is 1.83 bits per heavy atom. The fourth-order valence-corrected chi connectivity index (χ4v) is 4.98. The van der Waals surface area contributed by atoms with E-state index in [1.807, 2.05) is 50.3 Å². The number of carbonyl (C=O) groups excluding carboxylic acids is 3. The molecule has 1 aliphatic heterocycles. The van der Waals surface area contributed by atoms with E-state index in [2.05, 4.69) is 4.98 Å². The zero-order valence-corrected chi connectivity index (χ0v) is 17.4. The van der Waals surface area contributed by atoms with E-state index in [0.29, 0.717) is 24.3 Å². The smallest absolute Gasteiger partial charge is 0.329 e. The molecule has 2 aromatic rings. The predicted molar refractivity (Wildman–Crippen MR) is 110 cm³/mol. The highest BCUT2D eigenvalue weighted by atomic mass is 32.1. The number of amides is 2. The van der Waals surface area contributed by atoms with Crippen LogP contribution in [-0.4, -0.2) is 33.7 Å². The van der Waals surface area contributed by atoms with Gasteiger partial charge in [-0.2, -0.15) is 0 Å². The molecule has 0 saturated carbocycles. The number of para-hydroxylation sites is 1. The molecule has 7 heteroatoms. The van der Waals surface area contributed by atoms with E-state index < -0.39 is 12.0 Å². The summed E-state index contributed by atoms with van der Waals surface area (Å²) < 4.78 is 6.56. The fourth-order valence-electron chi connectivity index (χ4n) is 4.10. The van der Waals surface area contributed by atoms with E-state index in [1.54, 1.807) is 0 Å². The molecule has 1 aliphatic carbocycles. The van der Waals surface area contributed by atoms with Crippen molar-refractivity contribution in [2.24, 2.45) is 17.8 Å². The molecule has 29 heavy (non-hydrogen) atoms. The first-order valence-corrected chi connectivity index (χ1v) is 10.8. The number of hydrogen-bond donors (Lipinski definition) is 0. The Kier molecular flexibility index (Phi) is 5.50. The molecule has 0 bridgehead atoms. The summed E-state index contributed by atoms with van der Waals surface area (Å²) >= 11 is 1.47. The third-order valence-electron chi connectivity index (χ3n) is 5.50. The van der Waals surface area contributed by atoms with Gasteiger partial charge in [-0.05, 0) is 37.3 Å². The van der Waals surface area contributed by atoms with Crippen LogP contribution in [0.1, 0.15) is 38.1 Å². The number of allylic oxidation sites excluding steroid dienone is 2. The molecular formula is C22H24N2O4S. The number of imide groups is 1. The Balaban J connectivity index is 1.50. The monoisotopic (exact) mass is 412 g/mol. The van der Waals surface area contributed by atoms with Crippen LogP contribution in [0, 0.1) is 17.8 Å². The van der Waals surface area contributed by atoms with Gasteiger partial charge in [-0.15, -0.1) is 11.3 Å². The summed E-state index contributed by atoms with van der Waals surface area (Å²) in [5.74, 6) is -1.58. The van der Waals surface area contributed by atoms with Gasteiger partial charge in [-0.25, -0.2) is 9.78 Å². The van der Waals surface area contributed by atoms with Crippen molar-refractivity contribution in [3.63, 3.8) is 0 Å². The van der Waals surface area contributed by atoms with Gasteiger partial charge in [0.15, 0.2) is 0 Å². The van der Waals surface area contributed by atoms with Crippen LogP contribution in [0.2, 0.25) is 0 Å². The number of carbonyl (C=O) groups is 3. The number of thiazole rings is 1. The van der Waals surface area contributed by atoms with E-state index in [9.17, 15) is 14.4 Å². The van der Waals surface area contributed by atoms with Gasteiger partial charge in [0, 0.05) is 0 Å². The normalized spacial score (nSPS) is 22.4. The third kappa shape index (κ3) is 3.83. The van der Waals surface area contributed by atoms with Gasteiger partial charge in [0.25, 0.3) is 0 Å². The molecule has 152 valence electrons. The topological polar surface area (TPSA) is 76.6 Å². The first-order valence-electron chi connectivity index (χ1n) is 9.98. The Labute approximate surface area is 173 Å². The van der Waals surface area contributed by atoms with Crippen LogP contribution in [-0.2, 0) is 25.7 Å². The molecule has 1 saturated heterocycles. The lowest BCUT2D eigenvalue weighted by Gasteiger charge is -2.26. The van der Waals surface area contributed by atoms with Crippen LogP contribution in [0.15, 0.2) is 36.4 Å². The van der Waals surface area contributed by atoms with Crippen molar-refractivity contribution in [1.29, 1.82) is 0 Å². The number of nitrogens with zero attached hydrogens (tertiary/aromatic N) is 2. The lowest BCUT2D eigenvalue weighted by Crippen LogP contribution is -2.47. The van der Waals surface area contributed by atoms with E-state index in [-0.39, 0.29) is 36.2 Å². The molecule has 4 rings (SSSR count). The maximum Gasteiger partial charge on any atom is 0.329 e. The number of esters is 1. The van der Waals surface area contributed by atoms with Crippen molar-refractivity contribution >= 4 is 39.3 Å². The van der Waals surface area contributed by atoms with Crippen molar-refractivity contribution in [1.82, 2.24) is 9.88 Å². The van der Waals surface area contributed by atoms with E-state index in [4.69, 9.17) is 4.74 Å². The summed E-state index contributed by atoms with van der Waals surface area (Å²) in [7, 11) is 0. The van der Waals surface area contributed by atoms with Crippen LogP contribution >= 0.6 is 11.3 Å². The molecular weight excluding hydrogens is 388 g/mol. The molecule has 0 N–H and O–H groups in total. The molecule has 3 unspecified atom stereocenters. The van der Waals surface area contributed by atoms with E-state index in [1.165, 1.54) is 16.2 Å². The minimum atomic E-state index is -0.880. The minimum Gasteiger partial charge on any atom is -0.457 e. The summed E-state index contributed by atoms with van der Waals surface area (Å²) in [6.07, 6.45) is 5.39. The van der Waals surface area contributed by atoms with Gasteiger partial charge < -0.3 is 4.74 Å². The number of ether oxygens (including phenoxy) is 1. The summed E-state index contributed by atoms with van der Waals surface area (Å²) in [6.45, 7) is 3.97. The summed E-state index contributed by atoms with van der Waals surface area (Å²) in [4.78, 5) is 44.4. The second kappa shape index (κ2) is 8.06. The molecule has 2 aliphatic rings. The average Bonchev–Trinajstić information content (AvgIpc) is 3.23. The molecule has 0 radical (unpaired) electrons. The number of fused-ring (bicyclic) bond motifs is 2. The van der Waals surface area contributed by atoms with Crippen molar-refractivity contribution in [3.8, 4) is 0 Å². The van der Waals surface area contributed by atoms with Crippen LogP contribution in [0.4, 0.5) is 0 Å². The van der Waals surface area contributed by atoms with Gasteiger partial charge in [0.2, 0.25) is 11.8 Å². The Morgan fingerprint density at radius 1 is 1.17 bits per heavy atom. The van der Waals surface area contributed by atoms with Crippen molar-refractivity contribution in [2.45, 2.75) is 45.8 Å². The van der Waals surface area contributed by atoms with E-state index in [0.717, 1.165) is 10.2 Å². The number of likely N-dealkylation sites (tertiary alicyclic amines) is 1. The average molecular weight is 413 g/mol. The zero-order valence-electron chi connectivity index (χ0n) is 16.5. The molecule has 0 spiro atoms. The summed E-state index contributed by atoms with van der Waals surface area (Å²) in [5.41, 5.74) is 0.865. The van der Waals surface area contributed by atoms with Crippen molar-refractivity contribution in [3.05, 3.63) is 41.4 Å². The molecule has 3 atom stereocenters. The lowest BCUT2D eigenvalue weighted by molar-refractivity contribution is -0.160. The Morgan fingerprint density at radius 3 is 2.45 bits per heavy atom. The predicted octanol–water partition coefficient (Wildman–Crippen LogP) is 3.71. The number of aromatic nitrogens is 1. The number of benzene rings is 1. The first-order chi connectivity index (χ1) is 14.0. The third-order valence-corrected chi connectivity index (χ3v) is 6.51. The standard InChI is InChI=1S/C22H24N2O4S/c1-13(2)11-17(24-20(25)14-7-3-4-8-15(14)21(24)26)22(27)28-12-19-23-16-9-5-6-10-18(16)29-19/h3-6,9-10,13-15,17H,7-8,11-12H2,1-2H3. The van der Waals surface area contributed by atoms with Gasteiger partial charge in [0.1, 0.15) is 17.7 Å². The first kappa shape index (κ1) is 19.8. The van der Waals surface area contributed by atoms with Gasteiger partial charge in [-0.1, -0.05) is 38.1 Å². The largest absolute Gasteiger partial charge is 0.457 e. The molecule has 1 aromatic carbocycles. The minimum absolute atomic E-state index is 0.0391. The lowest BCUT2D eigenvalue weighted by atomic mass is 9.85. The molecule has 2 heterocycles. The maximum absolute atomic E-state index is 12.9. The Bertz CT molecular complexity index is 921. The van der Waals surface area contributed by atoms with Crippen molar-refractivity contribution < 1.29 is 19.1 Å². The van der Waals surface area contributed by atoms with Crippen LogP contribution < -0.4 is 0 Å². The second-order valence-corrected chi connectivity index (χ2v) is 9.15. The molecule has 1 fully saturated rings. The second-order valence-electron chi connectivity index (χ2n) is 8.03. The van der Waals surface area contributed by atoms with Gasteiger partial charge in [0.05, 0.1) is 22.1 Å². The summed E-state index contributed by atoms with van der Waals surface area (Å²) in [5, 5.41) is 0.694. The summed E-state index contributed by atoms with van der Waals surface area (Å²) in [6, 6.07) is 6.85. The highest BCUT2D eigenvalue weighted by molar-refractivity contribution is 7.18. The highest BCUT2D eigenvalue weighted by Gasteiger charge is 2.51. The molecule has 6 nitrogen and oxygen atoms in total. The highest BCUT2D eigenvalue weighted by Crippen LogP contribution is 2.37. The number of hydrogen-bond acceptors (Lipinski definition) is 6. The number of rotatable bonds is 6. The molecule has 2 amide bonds. The van der Waals surface area contributed by atoms with Crippen LogP contribution in [0.5, 0.6) is 0 Å². The Hall–Kier alpha value is -2.54. The molecule has 1 aromatic heterocycles. The van der Waals surface area contributed by atoms with Gasteiger partial charge >= 0.3 is 5.97 Å². The zero-order chi connectivity index (χ0) is 20.5. The SMILES string of the molecule is CC(C)CC(C(=O)OCc1nc2ccccc2s1)N1C(=O)C2CC=CCC2C1=O. The fraction of sp³-hybridized carbons (Fsp3) is 0.455. The van der Waals surface area contributed by atoms with Gasteiger partial charge in [-0.3, -0.25) is 14.5 Å². The van der Waals surface area contributed by atoms with Crippen LogP contribution in [0.25, 0.3) is 10.2 Å². The quantitative estimate of drug-likeness (QED) is 0.411. The van der Waals surface area contributed by atoms with Crippen molar-refractivity contribution in [2.75, 3.05) is 0 Å². The van der Waals surface area contributed by atoms with E-state index >= 15 is 0 Å².